The Morgan fingerprint density at radius 2 is 0.933 bits per heavy atom. The summed E-state index contributed by atoms with van der Waals surface area (Å²) in [6, 6.07) is 34.3. The summed E-state index contributed by atoms with van der Waals surface area (Å²) in [5.41, 5.74) is -5.58. The summed E-state index contributed by atoms with van der Waals surface area (Å²) in [6.45, 7) is 0. The molecule has 1 N–H and O–H groups in total. The summed E-state index contributed by atoms with van der Waals surface area (Å²) in [6.07, 6.45) is 3.14. The third kappa shape index (κ3) is 4.89. The van der Waals surface area contributed by atoms with Gasteiger partial charge in [-0.3, -0.25) is 4.79 Å². The molecule has 0 atom stereocenters. The van der Waals surface area contributed by atoms with E-state index < -0.39 is 21.5 Å². The van der Waals surface area contributed by atoms with E-state index in [2.05, 4.69) is 38.4 Å². The predicted octanol–water partition coefficient (Wildman–Crippen LogP) is 8.60. The number of nitrogens with one attached hydrogen (secondary N) is 1. The molecule has 8 aromatic rings. The maximum atomic E-state index is 12.6. The van der Waals surface area contributed by atoms with E-state index in [9.17, 15) is 26.4 Å². The Hall–Kier alpha value is -5.48. The van der Waals surface area contributed by atoms with Crippen LogP contribution in [0.15, 0.2) is 126 Å². The number of hydrogen-bond acceptors (Lipinski definition) is 5. The molecule has 45 heavy (non-hydrogen) atoms. The molecule has 6 aromatic carbocycles. The van der Waals surface area contributed by atoms with Crippen molar-refractivity contribution in [3.8, 4) is 5.88 Å². The van der Waals surface area contributed by atoms with Crippen molar-refractivity contribution in [2.24, 2.45) is 0 Å². The van der Waals surface area contributed by atoms with Crippen molar-refractivity contribution in [3.63, 3.8) is 0 Å². The number of halogens is 3. The second-order valence-corrected chi connectivity index (χ2v) is 11.9. The standard InChI is InChI=1S/C18H10F3NO3S.C17H11NO/c19-18(20,21)26(23,24)25-17-9-15-13-7-3-1-5-11(13)12-6-2-4-8-14(12)16(15)10-22-17;19-17-9-15-13-7-3-1-5-11(13)12-6-2-4-8-14(12)16(15)10-18-17/h1-10H;1-10H,(H,18,19). The largest absolute Gasteiger partial charge is 0.534 e. The molecule has 0 aliphatic heterocycles. The van der Waals surface area contributed by atoms with Crippen molar-refractivity contribution in [2.45, 2.75) is 5.51 Å². The number of rotatable bonds is 2. The van der Waals surface area contributed by atoms with Crippen LogP contribution >= 0.6 is 0 Å². The van der Waals surface area contributed by atoms with E-state index >= 15 is 0 Å². The third-order valence-corrected chi connectivity index (χ3v) is 8.69. The van der Waals surface area contributed by atoms with E-state index in [1.807, 2.05) is 72.9 Å². The number of hydrogen-bond donors (Lipinski definition) is 1. The van der Waals surface area contributed by atoms with Gasteiger partial charge in [0.15, 0.2) is 0 Å². The molecule has 0 bridgehead atoms. The quantitative estimate of drug-likeness (QED) is 0.119. The number of H-pyrrole nitrogens is 1. The van der Waals surface area contributed by atoms with Gasteiger partial charge in [-0.05, 0) is 53.9 Å². The lowest BCUT2D eigenvalue weighted by Gasteiger charge is -2.12. The van der Waals surface area contributed by atoms with Gasteiger partial charge in [0.2, 0.25) is 11.4 Å². The molecule has 0 saturated heterocycles. The molecule has 0 aliphatic rings. The zero-order valence-corrected chi connectivity index (χ0v) is 24.0. The van der Waals surface area contributed by atoms with Crippen LogP contribution in [-0.2, 0) is 10.1 Å². The van der Waals surface area contributed by atoms with Gasteiger partial charge >= 0.3 is 15.6 Å². The minimum atomic E-state index is -5.78. The first-order valence-electron chi connectivity index (χ1n) is 13.7. The fourth-order valence-electron chi connectivity index (χ4n) is 5.81. The normalized spacial score (nSPS) is 12.2. The van der Waals surface area contributed by atoms with Gasteiger partial charge in [0.25, 0.3) is 0 Å². The molecule has 0 fully saturated rings. The molecule has 10 heteroatoms. The Bertz CT molecular complexity index is 2550. The highest BCUT2D eigenvalue weighted by atomic mass is 32.2. The molecule has 0 spiro atoms. The highest BCUT2D eigenvalue weighted by Gasteiger charge is 2.48. The van der Waals surface area contributed by atoms with Crippen molar-refractivity contribution in [1.82, 2.24) is 9.97 Å². The van der Waals surface area contributed by atoms with Crippen LogP contribution in [0.5, 0.6) is 5.88 Å². The van der Waals surface area contributed by atoms with Crippen molar-refractivity contribution in [1.29, 1.82) is 0 Å². The number of aromatic nitrogens is 2. The number of alkyl halides is 3. The molecule has 2 heterocycles. The smallest absolute Gasteiger partial charge is 0.355 e. The highest BCUT2D eigenvalue weighted by Crippen LogP contribution is 2.37. The summed E-state index contributed by atoms with van der Waals surface area (Å²) >= 11 is 0. The lowest BCUT2D eigenvalue weighted by molar-refractivity contribution is -0.0501. The van der Waals surface area contributed by atoms with Crippen LogP contribution in [0, 0.1) is 0 Å². The van der Waals surface area contributed by atoms with Crippen molar-refractivity contribution < 1.29 is 25.8 Å². The third-order valence-electron chi connectivity index (χ3n) is 7.73. The fraction of sp³-hybridized carbons (Fsp3) is 0.0286. The Morgan fingerprint density at radius 1 is 0.556 bits per heavy atom. The summed E-state index contributed by atoms with van der Waals surface area (Å²) in [5, 5.41) is 11.5. The molecule has 0 aliphatic carbocycles. The van der Waals surface area contributed by atoms with E-state index in [0.29, 0.717) is 10.8 Å². The van der Waals surface area contributed by atoms with Crippen molar-refractivity contribution in [3.05, 3.63) is 132 Å². The van der Waals surface area contributed by atoms with Gasteiger partial charge in [-0.1, -0.05) is 97.1 Å². The van der Waals surface area contributed by atoms with Gasteiger partial charge in [0.1, 0.15) is 0 Å². The summed E-state index contributed by atoms with van der Waals surface area (Å²) in [5.74, 6) is -0.629. The second-order valence-electron chi connectivity index (χ2n) is 10.4. The van der Waals surface area contributed by atoms with Gasteiger partial charge in [0, 0.05) is 35.3 Å². The summed E-state index contributed by atoms with van der Waals surface area (Å²) in [7, 11) is -5.78. The molecule has 0 unspecified atom stereocenters. The number of nitrogens with zero attached hydrogens (tertiary/aromatic N) is 1. The lowest BCUT2D eigenvalue weighted by Crippen LogP contribution is -2.28. The number of fused-ring (bicyclic) bond motifs is 12. The Morgan fingerprint density at radius 3 is 1.38 bits per heavy atom. The Kier molecular flexibility index (Phi) is 6.67. The minimum absolute atomic E-state index is 0.0621. The molecule has 0 amide bonds. The van der Waals surface area contributed by atoms with Crippen LogP contribution in [0.3, 0.4) is 0 Å². The zero-order valence-electron chi connectivity index (χ0n) is 23.2. The number of benzene rings is 6. The number of pyridine rings is 2. The Labute approximate surface area is 253 Å². The van der Waals surface area contributed by atoms with Crippen molar-refractivity contribution in [2.75, 3.05) is 0 Å². The van der Waals surface area contributed by atoms with Gasteiger partial charge in [-0.15, -0.1) is 0 Å². The minimum Gasteiger partial charge on any atom is -0.355 e. The second kappa shape index (κ2) is 10.6. The number of aromatic amines is 1. The summed E-state index contributed by atoms with van der Waals surface area (Å²) in [4.78, 5) is 18.1. The van der Waals surface area contributed by atoms with Crippen LogP contribution in [0.4, 0.5) is 13.2 Å². The van der Waals surface area contributed by atoms with Crippen LogP contribution < -0.4 is 9.74 Å². The molecule has 2 aromatic heterocycles. The average molecular weight is 623 g/mol. The average Bonchev–Trinajstić information content (AvgIpc) is 3.04. The van der Waals surface area contributed by atoms with Gasteiger partial charge in [0.05, 0.1) is 0 Å². The molecule has 222 valence electrons. The molecule has 6 nitrogen and oxygen atoms in total. The highest BCUT2D eigenvalue weighted by molar-refractivity contribution is 7.87. The SMILES string of the molecule is O=S(=O)(Oc1cc2c3ccccc3c3ccccc3c2cn1)C(F)(F)F.O=c1cc2c3ccccc3c3ccccc3c2c[nH]1. The van der Waals surface area contributed by atoms with Gasteiger partial charge in [-0.2, -0.15) is 21.6 Å². The lowest BCUT2D eigenvalue weighted by atomic mass is 9.96. The molecular weight excluding hydrogens is 601 g/mol. The summed E-state index contributed by atoms with van der Waals surface area (Å²) < 4.78 is 64.3. The topological polar surface area (TPSA) is 89.1 Å². The zero-order chi connectivity index (χ0) is 31.3. The van der Waals surface area contributed by atoms with Crippen LogP contribution in [-0.4, -0.2) is 23.9 Å². The molecular formula is C35H21F3N2O4S. The van der Waals surface area contributed by atoms with Crippen LogP contribution in [0.25, 0.3) is 64.6 Å². The van der Waals surface area contributed by atoms with E-state index in [1.54, 1.807) is 12.1 Å². The van der Waals surface area contributed by atoms with E-state index in [0.717, 1.165) is 37.7 Å². The predicted molar refractivity (Wildman–Crippen MR) is 172 cm³/mol. The van der Waals surface area contributed by atoms with E-state index in [1.165, 1.54) is 28.4 Å². The van der Waals surface area contributed by atoms with Gasteiger partial charge in [-0.25, -0.2) is 4.98 Å². The van der Waals surface area contributed by atoms with E-state index in [-0.39, 0.29) is 5.56 Å². The molecule has 0 radical (unpaired) electrons. The first kappa shape index (κ1) is 28.3. The maximum Gasteiger partial charge on any atom is 0.534 e. The monoisotopic (exact) mass is 622 g/mol. The Balaban J connectivity index is 0.000000151. The van der Waals surface area contributed by atoms with E-state index in [4.69, 9.17) is 0 Å². The maximum absolute atomic E-state index is 12.6. The first-order valence-corrected chi connectivity index (χ1v) is 15.1. The van der Waals surface area contributed by atoms with Crippen LogP contribution in [0.2, 0.25) is 0 Å². The van der Waals surface area contributed by atoms with Gasteiger partial charge < -0.3 is 9.17 Å². The molecule has 8 rings (SSSR count). The fourth-order valence-corrected chi connectivity index (χ4v) is 6.22. The molecule has 0 saturated carbocycles. The van der Waals surface area contributed by atoms with Crippen molar-refractivity contribution >= 4 is 74.8 Å². The first-order chi connectivity index (χ1) is 21.6. The van der Waals surface area contributed by atoms with Crippen LogP contribution in [0.1, 0.15) is 0 Å².